The van der Waals surface area contributed by atoms with Gasteiger partial charge >= 0.3 is 0 Å². The van der Waals surface area contributed by atoms with Crippen molar-refractivity contribution in [2.24, 2.45) is 0 Å². The number of para-hydroxylation sites is 1. The first-order chi connectivity index (χ1) is 13.7. The number of hydrogen-bond donors (Lipinski definition) is 2. The maximum absolute atomic E-state index is 12.7. The van der Waals surface area contributed by atoms with E-state index in [0.29, 0.717) is 30.1 Å². The number of benzene rings is 1. The van der Waals surface area contributed by atoms with Crippen molar-refractivity contribution in [3.8, 4) is 5.75 Å². The minimum atomic E-state index is -0.222. The van der Waals surface area contributed by atoms with E-state index in [2.05, 4.69) is 15.3 Å². The van der Waals surface area contributed by atoms with Gasteiger partial charge in [0.05, 0.1) is 19.4 Å². The number of nitrogens with one attached hydrogen (secondary N) is 2. The summed E-state index contributed by atoms with van der Waals surface area (Å²) < 4.78 is 16.4. The monoisotopic (exact) mass is 379 g/mol. The zero-order valence-electron chi connectivity index (χ0n) is 15.7. The molecule has 0 bridgehead atoms. The van der Waals surface area contributed by atoms with Crippen molar-refractivity contribution in [1.29, 1.82) is 0 Å². The predicted molar refractivity (Wildman–Crippen MR) is 106 cm³/mol. The van der Waals surface area contributed by atoms with Gasteiger partial charge in [-0.25, -0.2) is 4.98 Å². The second-order valence-corrected chi connectivity index (χ2v) is 6.50. The molecule has 144 valence electrons. The second kappa shape index (κ2) is 7.74. The van der Waals surface area contributed by atoms with Crippen LogP contribution in [0.2, 0.25) is 0 Å². The normalized spacial score (nSPS) is 15.6. The van der Waals surface area contributed by atoms with Crippen LogP contribution in [-0.2, 0) is 17.7 Å². The topological polar surface area (TPSA) is 89.4 Å². The Balaban J connectivity index is 1.63. The highest BCUT2D eigenvalue weighted by Gasteiger charge is 2.26. The molecule has 1 atom stereocenters. The van der Waals surface area contributed by atoms with Crippen LogP contribution in [0.25, 0.3) is 11.6 Å². The molecule has 7 nitrogen and oxygen atoms in total. The van der Waals surface area contributed by atoms with Gasteiger partial charge in [0, 0.05) is 48.5 Å². The molecule has 0 fully saturated rings. The van der Waals surface area contributed by atoms with E-state index in [1.54, 1.807) is 26.5 Å². The summed E-state index contributed by atoms with van der Waals surface area (Å²) in [6, 6.07) is 9.33. The van der Waals surface area contributed by atoms with Crippen LogP contribution in [0.5, 0.6) is 5.75 Å². The number of pyridine rings is 1. The molecular formula is C21H21N3O4. The van der Waals surface area contributed by atoms with Crippen LogP contribution in [0.1, 0.15) is 22.6 Å². The summed E-state index contributed by atoms with van der Waals surface area (Å²) in [5, 5.41) is 3.27. The van der Waals surface area contributed by atoms with E-state index < -0.39 is 0 Å². The van der Waals surface area contributed by atoms with Crippen molar-refractivity contribution in [3.05, 3.63) is 75.7 Å². The van der Waals surface area contributed by atoms with Crippen molar-refractivity contribution in [1.82, 2.24) is 9.97 Å². The number of ether oxygens (including phenoxy) is 2. The van der Waals surface area contributed by atoms with Gasteiger partial charge in [-0.05, 0) is 12.1 Å². The van der Waals surface area contributed by atoms with E-state index in [1.807, 2.05) is 30.3 Å². The van der Waals surface area contributed by atoms with Crippen LogP contribution in [-0.4, -0.2) is 30.3 Å². The summed E-state index contributed by atoms with van der Waals surface area (Å²) in [7, 11) is 3.28. The second-order valence-electron chi connectivity index (χ2n) is 6.50. The highest BCUT2D eigenvalue weighted by Crippen LogP contribution is 2.30. The number of aromatic amines is 1. The molecule has 7 heteroatoms. The number of hydrogen-bond acceptors (Lipinski definition) is 6. The standard InChI is InChI=1S/C21H21N3O4/c1-26-18-6-4-3-5-13(18)10-23-21-9-17(25)14-7-15(20-11-22-12-28-20)19(27-2)8-16(14)24-21/h3-7,9,11-12,19H,8,10H2,1-2H3,(H2,23,24,25). The molecule has 1 aliphatic carbocycles. The van der Waals surface area contributed by atoms with Crippen LogP contribution in [0.4, 0.5) is 5.82 Å². The summed E-state index contributed by atoms with van der Waals surface area (Å²) in [6.45, 7) is 0.533. The van der Waals surface area contributed by atoms with E-state index in [4.69, 9.17) is 13.9 Å². The Bertz CT molecular complexity index is 1050. The van der Waals surface area contributed by atoms with E-state index in [0.717, 1.165) is 22.6 Å². The van der Waals surface area contributed by atoms with Crippen molar-refractivity contribution < 1.29 is 13.9 Å². The molecule has 2 N–H and O–H groups in total. The highest BCUT2D eigenvalue weighted by molar-refractivity contribution is 5.84. The van der Waals surface area contributed by atoms with Gasteiger partial charge in [0.2, 0.25) is 0 Å². The van der Waals surface area contributed by atoms with Gasteiger partial charge in [-0.3, -0.25) is 4.79 Å². The smallest absolute Gasteiger partial charge is 0.191 e. The molecule has 1 aromatic carbocycles. The Morgan fingerprint density at radius 1 is 1.32 bits per heavy atom. The van der Waals surface area contributed by atoms with E-state index in [9.17, 15) is 4.79 Å². The summed E-state index contributed by atoms with van der Waals surface area (Å²) in [5.41, 5.74) is 3.19. The molecule has 0 spiro atoms. The zero-order valence-corrected chi connectivity index (χ0v) is 15.7. The van der Waals surface area contributed by atoms with Crippen LogP contribution in [0.3, 0.4) is 0 Å². The van der Waals surface area contributed by atoms with Gasteiger partial charge in [0.15, 0.2) is 17.6 Å². The molecule has 1 aliphatic rings. The fourth-order valence-corrected chi connectivity index (χ4v) is 3.42. The zero-order chi connectivity index (χ0) is 19.5. The summed E-state index contributed by atoms with van der Waals surface area (Å²) in [6.07, 6.45) is 5.13. The Kier molecular flexibility index (Phi) is 4.99. The lowest BCUT2D eigenvalue weighted by Crippen LogP contribution is -2.25. The van der Waals surface area contributed by atoms with Gasteiger partial charge in [-0.15, -0.1) is 0 Å². The number of rotatable bonds is 6. The van der Waals surface area contributed by atoms with Crippen LogP contribution >= 0.6 is 0 Å². The lowest BCUT2D eigenvalue weighted by molar-refractivity contribution is 0.146. The molecule has 4 rings (SSSR count). The average Bonchev–Trinajstić information content (AvgIpc) is 3.26. The molecule has 0 radical (unpaired) electrons. The van der Waals surface area contributed by atoms with Crippen molar-refractivity contribution in [2.75, 3.05) is 19.5 Å². The van der Waals surface area contributed by atoms with Gasteiger partial charge < -0.3 is 24.2 Å². The number of fused-ring (bicyclic) bond motifs is 1. The maximum atomic E-state index is 12.7. The number of anilines is 1. The first kappa shape index (κ1) is 18.1. The van der Waals surface area contributed by atoms with Crippen molar-refractivity contribution in [2.45, 2.75) is 19.1 Å². The molecular weight excluding hydrogens is 358 g/mol. The van der Waals surface area contributed by atoms with Gasteiger partial charge in [0.1, 0.15) is 11.6 Å². The first-order valence-electron chi connectivity index (χ1n) is 8.94. The Morgan fingerprint density at radius 3 is 2.93 bits per heavy atom. The predicted octanol–water partition coefficient (Wildman–Crippen LogP) is 3.10. The van der Waals surface area contributed by atoms with Crippen LogP contribution in [0, 0.1) is 0 Å². The Hall–Kier alpha value is -3.32. The fourth-order valence-electron chi connectivity index (χ4n) is 3.42. The fraction of sp³-hybridized carbons (Fsp3) is 0.238. The molecule has 3 aromatic rings. The highest BCUT2D eigenvalue weighted by atomic mass is 16.5. The summed E-state index contributed by atoms with van der Waals surface area (Å²) in [5.74, 6) is 2.06. The maximum Gasteiger partial charge on any atom is 0.191 e. The van der Waals surface area contributed by atoms with Gasteiger partial charge in [0.25, 0.3) is 0 Å². The Morgan fingerprint density at radius 2 is 2.18 bits per heavy atom. The average molecular weight is 379 g/mol. The summed E-state index contributed by atoms with van der Waals surface area (Å²) >= 11 is 0. The van der Waals surface area contributed by atoms with Gasteiger partial charge in [-0.1, -0.05) is 18.2 Å². The molecule has 1 unspecified atom stereocenters. The molecule has 0 saturated carbocycles. The van der Waals surface area contributed by atoms with Crippen LogP contribution in [0.15, 0.2) is 52.1 Å². The largest absolute Gasteiger partial charge is 0.496 e. The summed E-state index contributed by atoms with van der Waals surface area (Å²) in [4.78, 5) is 20.0. The Labute approximate surface area is 162 Å². The molecule has 2 heterocycles. The molecule has 0 saturated heterocycles. The van der Waals surface area contributed by atoms with E-state index in [1.165, 1.54) is 6.39 Å². The number of methoxy groups -OCH3 is 2. The lowest BCUT2D eigenvalue weighted by atomic mass is 9.92. The molecule has 28 heavy (non-hydrogen) atoms. The number of nitrogens with zero attached hydrogens (tertiary/aromatic N) is 1. The lowest BCUT2D eigenvalue weighted by Gasteiger charge is -2.24. The van der Waals surface area contributed by atoms with Crippen LogP contribution < -0.4 is 15.5 Å². The van der Waals surface area contributed by atoms with Crippen molar-refractivity contribution >= 4 is 17.5 Å². The molecule has 2 aromatic heterocycles. The first-order valence-corrected chi connectivity index (χ1v) is 8.94. The van der Waals surface area contributed by atoms with E-state index >= 15 is 0 Å². The molecule has 0 aliphatic heterocycles. The number of aromatic nitrogens is 2. The number of H-pyrrole nitrogens is 1. The quantitative estimate of drug-likeness (QED) is 0.684. The molecule has 0 amide bonds. The number of oxazole rings is 1. The third-order valence-corrected chi connectivity index (χ3v) is 4.85. The SMILES string of the molecule is COc1ccccc1CNc1cc(=O)c2c([nH]1)CC(OC)C(c1cnco1)=C2. The third kappa shape index (κ3) is 3.44. The van der Waals surface area contributed by atoms with Crippen molar-refractivity contribution in [3.63, 3.8) is 0 Å². The minimum Gasteiger partial charge on any atom is -0.496 e. The van der Waals surface area contributed by atoms with E-state index in [-0.39, 0.29) is 11.5 Å². The van der Waals surface area contributed by atoms with Gasteiger partial charge in [-0.2, -0.15) is 0 Å². The third-order valence-electron chi connectivity index (χ3n) is 4.85. The minimum absolute atomic E-state index is 0.0668.